The predicted molar refractivity (Wildman–Crippen MR) is 93.3 cm³/mol. The summed E-state index contributed by atoms with van der Waals surface area (Å²) in [4.78, 5) is 23.9. The molecule has 4 rings (SSSR count). The third-order valence-corrected chi connectivity index (χ3v) is 4.47. The highest BCUT2D eigenvalue weighted by molar-refractivity contribution is 5.87. The third kappa shape index (κ3) is 3.16. The van der Waals surface area contributed by atoms with Crippen molar-refractivity contribution >= 4 is 17.1 Å². The highest BCUT2D eigenvalue weighted by Gasteiger charge is 2.44. The molecule has 0 aliphatic carbocycles. The van der Waals surface area contributed by atoms with Gasteiger partial charge >= 0.3 is 5.97 Å². The molecule has 0 saturated carbocycles. The lowest BCUT2D eigenvalue weighted by Gasteiger charge is -2.16. The molecule has 2 aromatic heterocycles. The first-order valence-corrected chi connectivity index (χ1v) is 8.44. The number of carbonyl (C=O) groups is 1. The molecule has 0 spiro atoms. The van der Waals surface area contributed by atoms with Crippen LogP contribution in [0.25, 0.3) is 22.4 Å². The van der Waals surface area contributed by atoms with E-state index < -0.39 is 30.5 Å². The van der Waals surface area contributed by atoms with Crippen LogP contribution < -0.4 is 0 Å². The van der Waals surface area contributed by atoms with Gasteiger partial charge in [0.15, 0.2) is 11.9 Å². The van der Waals surface area contributed by atoms with Crippen LogP contribution in [0.15, 0.2) is 43.0 Å². The van der Waals surface area contributed by atoms with Crippen LogP contribution in [0.3, 0.4) is 0 Å². The number of imidazole rings is 1. The lowest BCUT2D eigenvalue weighted by atomic mass is 10.1. The number of aliphatic hydroxyl groups excluding tert-OH is 2. The normalized spacial score (nSPS) is 25.0. The minimum Gasteiger partial charge on any atom is -0.463 e. The van der Waals surface area contributed by atoms with Gasteiger partial charge in [-0.05, 0) is 0 Å². The van der Waals surface area contributed by atoms with Gasteiger partial charge in [-0.3, -0.25) is 9.36 Å². The number of esters is 1. The van der Waals surface area contributed by atoms with E-state index in [0.717, 1.165) is 5.56 Å². The highest BCUT2D eigenvalue weighted by atomic mass is 16.6. The topological polar surface area (TPSA) is 120 Å². The number of hydrogen-bond acceptors (Lipinski definition) is 8. The lowest BCUT2D eigenvalue weighted by molar-refractivity contribution is -0.147. The molecule has 9 nitrogen and oxygen atoms in total. The van der Waals surface area contributed by atoms with E-state index in [1.165, 1.54) is 19.6 Å². The molecule has 0 amide bonds. The van der Waals surface area contributed by atoms with Crippen LogP contribution in [0.4, 0.5) is 0 Å². The molecule has 1 fully saturated rings. The summed E-state index contributed by atoms with van der Waals surface area (Å²) in [7, 11) is 0. The van der Waals surface area contributed by atoms with E-state index in [9.17, 15) is 15.0 Å². The average molecular weight is 370 g/mol. The molecular weight excluding hydrogens is 352 g/mol. The first-order valence-electron chi connectivity index (χ1n) is 8.44. The molecule has 0 unspecified atom stereocenters. The summed E-state index contributed by atoms with van der Waals surface area (Å²) < 4.78 is 12.2. The number of aliphatic hydroxyl groups is 2. The van der Waals surface area contributed by atoms with Gasteiger partial charge < -0.3 is 19.7 Å². The summed E-state index contributed by atoms with van der Waals surface area (Å²) >= 11 is 0. The van der Waals surface area contributed by atoms with Crippen LogP contribution in [0, 0.1) is 0 Å². The molecule has 1 aromatic carbocycles. The van der Waals surface area contributed by atoms with Gasteiger partial charge in [-0.2, -0.15) is 0 Å². The first kappa shape index (κ1) is 17.5. The van der Waals surface area contributed by atoms with Crippen molar-refractivity contribution in [1.29, 1.82) is 0 Å². The molecule has 1 saturated heterocycles. The van der Waals surface area contributed by atoms with Crippen LogP contribution >= 0.6 is 0 Å². The fraction of sp³-hybridized carbons (Fsp3) is 0.333. The van der Waals surface area contributed by atoms with E-state index in [4.69, 9.17) is 9.47 Å². The number of hydrogen-bond donors (Lipinski definition) is 2. The van der Waals surface area contributed by atoms with Crippen LogP contribution in [-0.2, 0) is 14.3 Å². The molecule has 3 aromatic rings. The summed E-state index contributed by atoms with van der Waals surface area (Å²) in [6, 6.07) is 9.55. The maximum Gasteiger partial charge on any atom is 0.302 e. The highest BCUT2D eigenvalue weighted by Crippen LogP contribution is 2.33. The Morgan fingerprint density at radius 2 is 1.96 bits per heavy atom. The Bertz CT molecular complexity index is 961. The van der Waals surface area contributed by atoms with Crippen molar-refractivity contribution < 1.29 is 24.5 Å². The predicted octanol–water partition coefficient (Wildman–Crippen LogP) is 0.676. The van der Waals surface area contributed by atoms with Gasteiger partial charge in [0.05, 0.1) is 6.33 Å². The van der Waals surface area contributed by atoms with Crippen LogP contribution in [0.2, 0.25) is 0 Å². The van der Waals surface area contributed by atoms with Gasteiger partial charge in [0.2, 0.25) is 0 Å². The Kier molecular flexibility index (Phi) is 4.56. The second-order valence-electron chi connectivity index (χ2n) is 6.26. The lowest BCUT2D eigenvalue weighted by Crippen LogP contribution is -2.34. The SMILES string of the molecule is CC(=O)OC[C@@H]1O[C@H](n2cnc3c(-c4ccccc4)ncnc32)[C@@H](O)[C@@H]1O. The van der Waals surface area contributed by atoms with E-state index in [1.54, 1.807) is 4.57 Å². The number of carbonyl (C=O) groups excluding carboxylic acids is 1. The van der Waals surface area contributed by atoms with Gasteiger partial charge in [0.25, 0.3) is 0 Å². The van der Waals surface area contributed by atoms with Gasteiger partial charge in [-0.1, -0.05) is 30.3 Å². The summed E-state index contributed by atoms with van der Waals surface area (Å²) in [5.74, 6) is -0.489. The standard InChI is InChI=1S/C18H18N4O5/c1-10(23)26-7-12-15(24)16(25)18(27-12)22-9-21-14-13(19-8-20-17(14)22)11-5-3-2-4-6-11/h2-6,8-9,12,15-16,18,24-25H,7H2,1H3/t12-,15+,16-,18-/m0/s1. The minimum atomic E-state index is -1.22. The number of nitrogens with zero attached hydrogens (tertiary/aromatic N) is 4. The van der Waals surface area contributed by atoms with Crippen molar-refractivity contribution in [2.45, 2.75) is 31.5 Å². The molecule has 140 valence electrons. The van der Waals surface area contributed by atoms with Crippen molar-refractivity contribution in [3.05, 3.63) is 43.0 Å². The van der Waals surface area contributed by atoms with Crippen molar-refractivity contribution in [3.8, 4) is 11.3 Å². The number of ether oxygens (including phenoxy) is 2. The maximum absolute atomic E-state index is 11.0. The molecular formula is C18H18N4O5. The van der Waals surface area contributed by atoms with E-state index in [-0.39, 0.29) is 6.61 Å². The van der Waals surface area contributed by atoms with Crippen molar-refractivity contribution in [3.63, 3.8) is 0 Å². The van der Waals surface area contributed by atoms with Gasteiger partial charge in [-0.15, -0.1) is 0 Å². The summed E-state index contributed by atoms with van der Waals surface area (Å²) in [6.45, 7) is 1.11. The van der Waals surface area contributed by atoms with Crippen LogP contribution in [0.5, 0.6) is 0 Å². The fourth-order valence-electron chi connectivity index (χ4n) is 3.14. The summed E-state index contributed by atoms with van der Waals surface area (Å²) in [5, 5.41) is 20.6. The van der Waals surface area contributed by atoms with Gasteiger partial charge in [0.1, 0.15) is 42.5 Å². The van der Waals surface area contributed by atoms with Crippen LogP contribution in [-0.4, -0.2) is 60.6 Å². The molecule has 0 radical (unpaired) electrons. The zero-order chi connectivity index (χ0) is 19.0. The second-order valence-corrected chi connectivity index (χ2v) is 6.26. The van der Waals surface area contributed by atoms with E-state index >= 15 is 0 Å². The van der Waals surface area contributed by atoms with Gasteiger partial charge in [0, 0.05) is 12.5 Å². The largest absolute Gasteiger partial charge is 0.463 e. The monoisotopic (exact) mass is 370 g/mol. The molecule has 1 aliphatic heterocycles. The maximum atomic E-state index is 11.0. The Morgan fingerprint density at radius 1 is 1.19 bits per heavy atom. The Morgan fingerprint density at radius 3 is 2.70 bits per heavy atom. The smallest absolute Gasteiger partial charge is 0.302 e. The zero-order valence-electron chi connectivity index (χ0n) is 14.5. The Hall–Kier alpha value is -2.88. The number of aromatic nitrogens is 4. The molecule has 27 heavy (non-hydrogen) atoms. The number of rotatable bonds is 4. The number of fused-ring (bicyclic) bond motifs is 1. The molecule has 0 bridgehead atoms. The molecule has 4 atom stereocenters. The third-order valence-electron chi connectivity index (χ3n) is 4.47. The Labute approximate surface area is 154 Å². The molecule has 1 aliphatic rings. The fourth-order valence-corrected chi connectivity index (χ4v) is 3.14. The number of benzene rings is 1. The van der Waals surface area contributed by atoms with Crippen molar-refractivity contribution in [1.82, 2.24) is 19.5 Å². The second kappa shape index (κ2) is 7.03. The summed E-state index contributed by atoms with van der Waals surface area (Å²) in [6.07, 6.45) is -1.29. The van der Waals surface area contributed by atoms with Gasteiger partial charge in [-0.25, -0.2) is 15.0 Å². The first-order chi connectivity index (χ1) is 13.1. The van der Waals surface area contributed by atoms with Crippen LogP contribution in [0.1, 0.15) is 13.2 Å². The average Bonchev–Trinajstić information content (AvgIpc) is 3.22. The molecule has 9 heteroatoms. The van der Waals surface area contributed by atoms with Crippen molar-refractivity contribution in [2.24, 2.45) is 0 Å². The van der Waals surface area contributed by atoms with E-state index in [0.29, 0.717) is 16.9 Å². The quantitative estimate of drug-likeness (QED) is 0.643. The molecule has 2 N–H and O–H groups in total. The van der Waals surface area contributed by atoms with Crippen molar-refractivity contribution in [2.75, 3.05) is 6.61 Å². The van der Waals surface area contributed by atoms with E-state index in [2.05, 4.69) is 15.0 Å². The van der Waals surface area contributed by atoms with E-state index in [1.807, 2.05) is 30.3 Å². The summed E-state index contributed by atoms with van der Waals surface area (Å²) in [5.41, 5.74) is 2.56. The minimum absolute atomic E-state index is 0.152. The molecule has 3 heterocycles. The Balaban J connectivity index is 1.68. The zero-order valence-corrected chi connectivity index (χ0v) is 14.5.